The van der Waals surface area contributed by atoms with Gasteiger partial charge in [-0.15, -0.1) is 11.3 Å². The number of carbonyl (C=O) groups is 1. The van der Waals surface area contributed by atoms with E-state index in [2.05, 4.69) is 25.6 Å². The lowest BCUT2D eigenvalue weighted by molar-refractivity contribution is 0.0946. The number of thiophene rings is 1. The SMILES string of the molecule is Cc1ccc(-c2cc(C(=O)NCc3cccnc3-n3cccn3)n[nH]2)s1. The Balaban J connectivity index is 1.48. The van der Waals surface area contributed by atoms with Crippen LogP contribution in [0.2, 0.25) is 0 Å². The number of pyridine rings is 1. The van der Waals surface area contributed by atoms with Crippen molar-refractivity contribution in [1.82, 2.24) is 30.3 Å². The van der Waals surface area contributed by atoms with Gasteiger partial charge in [-0.2, -0.15) is 10.2 Å². The van der Waals surface area contributed by atoms with Crippen LogP contribution in [0, 0.1) is 6.92 Å². The average molecular weight is 364 g/mol. The Kier molecular flexibility index (Phi) is 4.32. The third-order valence-corrected chi connectivity index (χ3v) is 4.88. The van der Waals surface area contributed by atoms with E-state index in [0.29, 0.717) is 18.1 Å². The predicted molar refractivity (Wildman–Crippen MR) is 99.2 cm³/mol. The van der Waals surface area contributed by atoms with Crippen LogP contribution in [0.4, 0.5) is 0 Å². The molecule has 7 nitrogen and oxygen atoms in total. The quantitative estimate of drug-likeness (QED) is 0.570. The van der Waals surface area contributed by atoms with Crippen LogP contribution in [0.3, 0.4) is 0 Å². The lowest BCUT2D eigenvalue weighted by Gasteiger charge is -2.08. The minimum atomic E-state index is -0.240. The van der Waals surface area contributed by atoms with Crippen molar-refractivity contribution in [3.63, 3.8) is 0 Å². The van der Waals surface area contributed by atoms with Crippen molar-refractivity contribution in [3.8, 4) is 16.4 Å². The lowest BCUT2D eigenvalue weighted by atomic mass is 10.2. The van der Waals surface area contributed by atoms with Crippen molar-refractivity contribution >= 4 is 17.2 Å². The molecule has 0 aromatic carbocycles. The van der Waals surface area contributed by atoms with E-state index < -0.39 is 0 Å². The van der Waals surface area contributed by atoms with Crippen LogP contribution in [0.5, 0.6) is 0 Å². The first-order chi connectivity index (χ1) is 12.7. The standard InChI is InChI=1S/C18H16N6OS/c1-12-5-6-16(26-12)14-10-15(23-22-14)18(25)20-11-13-4-2-7-19-17(13)24-9-3-8-21-24/h2-10H,11H2,1H3,(H,20,25)(H,22,23). The molecular weight excluding hydrogens is 348 g/mol. The number of H-pyrrole nitrogens is 1. The molecule has 4 aromatic rings. The summed E-state index contributed by atoms with van der Waals surface area (Å²) in [5.41, 5.74) is 2.07. The Labute approximate surface area is 153 Å². The Morgan fingerprint density at radius 1 is 1.27 bits per heavy atom. The van der Waals surface area contributed by atoms with E-state index in [1.165, 1.54) is 4.88 Å². The number of hydrogen-bond acceptors (Lipinski definition) is 5. The minimum Gasteiger partial charge on any atom is -0.346 e. The second-order valence-corrected chi connectivity index (χ2v) is 6.98. The van der Waals surface area contributed by atoms with Crippen molar-refractivity contribution in [3.05, 3.63) is 71.1 Å². The number of aryl methyl sites for hydroxylation is 1. The number of nitrogens with zero attached hydrogens (tertiary/aromatic N) is 4. The molecule has 0 spiro atoms. The van der Waals surface area contributed by atoms with E-state index in [-0.39, 0.29) is 5.91 Å². The Bertz CT molecular complexity index is 1030. The third kappa shape index (κ3) is 3.27. The minimum absolute atomic E-state index is 0.240. The topological polar surface area (TPSA) is 88.5 Å². The molecule has 4 rings (SSSR count). The zero-order valence-electron chi connectivity index (χ0n) is 14.0. The van der Waals surface area contributed by atoms with E-state index in [0.717, 1.165) is 16.1 Å². The van der Waals surface area contributed by atoms with Crippen LogP contribution in [-0.4, -0.2) is 30.9 Å². The fourth-order valence-electron chi connectivity index (χ4n) is 2.58. The van der Waals surface area contributed by atoms with Crippen molar-refractivity contribution in [2.75, 3.05) is 0 Å². The van der Waals surface area contributed by atoms with Crippen molar-refractivity contribution in [2.24, 2.45) is 0 Å². The molecule has 0 saturated carbocycles. The molecule has 0 bridgehead atoms. The van der Waals surface area contributed by atoms with Crippen LogP contribution in [0.15, 0.2) is 55.0 Å². The highest BCUT2D eigenvalue weighted by Crippen LogP contribution is 2.26. The number of rotatable bonds is 5. The maximum absolute atomic E-state index is 12.4. The third-order valence-electron chi connectivity index (χ3n) is 3.84. The van der Waals surface area contributed by atoms with Crippen molar-refractivity contribution in [1.29, 1.82) is 0 Å². The highest BCUT2D eigenvalue weighted by atomic mass is 32.1. The summed E-state index contributed by atoms with van der Waals surface area (Å²) in [6, 6.07) is 11.4. The van der Waals surface area contributed by atoms with Gasteiger partial charge < -0.3 is 5.32 Å². The summed E-state index contributed by atoms with van der Waals surface area (Å²) in [4.78, 5) is 19.0. The molecule has 130 valence electrons. The lowest BCUT2D eigenvalue weighted by Crippen LogP contribution is -2.24. The van der Waals surface area contributed by atoms with Gasteiger partial charge >= 0.3 is 0 Å². The normalized spacial score (nSPS) is 10.8. The molecule has 0 aliphatic heterocycles. The number of nitrogens with one attached hydrogen (secondary N) is 2. The van der Waals surface area contributed by atoms with E-state index in [9.17, 15) is 4.79 Å². The second kappa shape index (κ2) is 6.93. The van der Waals surface area contributed by atoms with Crippen LogP contribution < -0.4 is 5.32 Å². The molecule has 8 heteroatoms. The number of carbonyl (C=O) groups excluding carboxylic acids is 1. The second-order valence-electron chi connectivity index (χ2n) is 5.70. The number of hydrogen-bond donors (Lipinski definition) is 2. The summed E-state index contributed by atoms with van der Waals surface area (Å²) in [6.45, 7) is 2.38. The van der Waals surface area contributed by atoms with Gasteiger partial charge in [0.1, 0.15) is 0 Å². The zero-order chi connectivity index (χ0) is 17.9. The summed E-state index contributed by atoms with van der Waals surface area (Å²) < 4.78 is 1.67. The molecule has 4 heterocycles. The molecule has 0 aliphatic rings. The van der Waals surface area contributed by atoms with Gasteiger partial charge in [0, 0.05) is 35.6 Å². The van der Waals surface area contributed by atoms with Gasteiger partial charge in [0.15, 0.2) is 11.5 Å². The number of aromatic nitrogens is 5. The Morgan fingerprint density at radius 3 is 2.96 bits per heavy atom. The summed E-state index contributed by atoms with van der Waals surface area (Å²) in [5, 5.41) is 14.1. The van der Waals surface area contributed by atoms with Crippen LogP contribution in [0.25, 0.3) is 16.4 Å². The number of amides is 1. The highest BCUT2D eigenvalue weighted by molar-refractivity contribution is 7.15. The van der Waals surface area contributed by atoms with Gasteiger partial charge in [-0.3, -0.25) is 9.89 Å². The van der Waals surface area contributed by atoms with Gasteiger partial charge in [0.25, 0.3) is 5.91 Å². The molecule has 0 radical (unpaired) electrons. The number of aromatic amines is 1. The van der Waals surface area contributed by atoms with Crippen molar-refractivity contribution < 1.29 is 4.79 Å². The van der Waals surface area contributed by atoms with Gasteiger partial charge in [-0.05, 0) is 37.3 Å². The van der Waals surface area contributed by atoms with Gasteiger partial charge in [-0.25, -0.2) is 9.67 Å². The summed E-state index contributed by atoms with van der Waals surface area (Å²) >= 11 is 1.66. The van der Waals surface area contributed by atoms with E-state index in [1.807, 2.05) is 43.5 Å². The van der Waals surface area contributed by atoms with Crippen LogP contribution in [-0.2, 0) is 6.54 Å². The van der Waals surface area contributed by atoms with Crippen LogP contribution in [0.1, 0.15) is 20.9 Å². The molecule has 0 aliphatic carbocycles. The van der Waals surface area contributed by atoms with Gasteiger partial charge in [-0.1, -0.05) is 6.07 Å². The largest absolute Gasteiger partial charge is 0.346 e. The summed E-state index contributed by atoms with van der Waals surface area (Å²) in [6.07, 6.45) is 5.20. The molecule has 0 saturated heterocycles. The first-order valence-corrected chi connectivity index (χ1v) is 8.87. The highest BCUT2D eigenvalue weighted by Gasteiger charge is 2.13. The first-order valence-electron chi connectivity index (χ1n) is 8.05. The average Bonchev–Trinajstić information content (AvgIpc) is 3.40. The Hall–Kier alpha value is -3.26. The van der Waals surface area contributed by atoms with E-state index in [4.69, 9.17) is 0 Å². The summed E-state index contributed by atoms with van der Waals surface area (Å²) in [5.74, 6) is 0.450. The van der Waals surface area contributed by atoms with Crippen LogP contribution >= 0.6 is 11.3 Å². The Morgan fingerprint density at radius 2 is 2.19 bits per heavy atom. The fourth-order valence-corrected chi connectivity index (χ4v) is 3.41. The van der Waals surface area contributed by atoms with Gasteiger partial charge in [0.2, 0.25) is 0 Å². The zero-order valence-corrected chi connectivity index (χ0v) is 14.8. The molecule has 0 atom stereocenters. The smallest absolute Gasteiger partial charge is 0.272 e. The maximum Gasteiger partial charge on any atom is 0.272 e. The molecule has 1 amide bonds. The molecular formula is C18H16N6OS. The molecule has 4 aromatic heterocycles. The first kappa shape index (κ1) is 16.2. The molecule has 26 heavy (non-hydrogen) atoms. The molecule has 2 N–H and O–H groups in total. The molecule has 0 fully saturated rings. The maximum atomic E-state index is 12.4. The summed E-state index contributed by atoms with van der Waals surface area (Å²) in [7, 11) is 0. The van der Waals surface area contributed by atoms with Crippen molar-refractivity contribution in [2.45, 2.75) is 13.5 Å². The predicted octanol–water partition coefficient (Wildman–Crippen LogP) is 2.96. The fraction of sp³-hybridized carbons (Fsp3) is 0.111. The van der Waals surface area contributed by atoms with E-state index >= 15 is 0 Å². The monoisotopic (exact) mass is 364 g/mol. The molecule has 0 unspecified atom stereocenters. The van der Waals surface area contributed by atoms with Gasteiger partial charge in [0.05, 0.1) is 10.6 Å². The van der Waals surface area contributed by atoms with E-state index in [1.54, 1.807) is 34.5 Å².